The summed E-state index contributed by atoms with van der Waals surface area (Å²) in [6.45, 7) is 7.34. The lowest BCUT2D eigenvalue weighted by molar-refractivity contribution is 0.0519. The Balaban J connectivity index is 2.27. The van der Waals surface area contributed by atoms with Gasteiger partial charge in [0.15, 0.2) is 5.69 Å². The number of anilines is 1. The van der Waals surface area contributed by atoms with Gasteiger partial charge in [-0.3, -0.25) is 9.72 Å². The van der Waals surface area contributed by atoms with Crippen molar-refractivity contribution in [1.29, 1.82) is 0 Å². The van der Waals surface area contributed by atoms with E-state index in [2.05, 4.69) is 10.3 Å². The third-order valence-electron chi connectivity index (χ3n) is 2.61. The van der Waals surface area contributed by atoms with Crippen LogP contribution in [0.4, 0.5) is 10.6 Å². The van der Waals surface area contributed by atoms with E-state index in [4.69, 9.17) is 9.47 Å². The first-order valence-corrected chi connectivity index (χ1v) is 6.95. The van der Waals surface area contributed by atoms with Gasteiger partial charge in [-0.2, -0.15) is 0 Å². The molecule has 0 fully saturated rings. The van der Waals surface area contributed by atoms with Gasteiger partial charge in [0.05, 0.1) is 6.61 Å². The van der Waals surface area contributed by atoms with Crippen LogP contribution in [0.15, 0.2) is 24.4 Å². The van der Waals surface area contributed by atoms with Crippen molar-refractivity contribution >= 4 is 23.5 Å². The monoisotopic (exact) mass is 305 g/mol. The predicted octanol–water partition coefficient (Wildman–Crippen LogP) is 2.86. The molecule has 2 heterocycles. The predicted molar refractivity (Wildman–Crippen MR) is 81.0 cm³/mol. The quantitative estimate of drug-likeness (QED) is 0.882. The number of imidazole rings is 1. The molecular weight excluding hydrogens is 286 g/mol. The third-order valence-corrected chi connectivity index (χ3v) is 2.61. The highest BCUT2D eigenvalue weighted by Gasteiger charge is 2.18. The van der Waals surface area contributed by atoms with Crippen LogP contribution < -0.4 is 5.32 Å². The van der Waals surface area contributed by atoms with E-state index in [0.717, 1.165) is 0 Å². The topological polar surface area (TPSA) is 81.9 Å². The Labute approximate surface area is 128 Å². The first kappa shape index (κ1) is 15.8. The minimum atomic E-state index is -0.594. The van der Waals surface area contributed by atoms with Gasteiger partial charge in [-0.05, 0) is 39.8 Å². The van der Waals surface area contributed by atoms with Crippen LogP contribution in [0.1, 0.15) is 38.2 Å². The van der Waals surface area contributed by atoms with E-state index in [1.807, 2.05) is 0 Å². The third kappa shape index (κ3) is 3.75. The summed E-state index contributed by atoms with van der Waals surface area (Å²) < 4.78 is 11.7. The van der Waals surface area contributed by atoms with E-state index in [0.29, 0.717) is 11.5 Å². The van der Waals surface area contributed by atoms with E-state index >= 15 is 0 Å². The Morgan fingerprint density at radius 2 is 2.05 bits per heavy atom. The molecule has 2 aromatic heterocycles. The maximum atomic E-state index is 11.9. The number of ether oxygens (including phenoxy) is 2. The summed E-state index contributed by atoms with van der Waals surface area (Å²) in [5.74, 6) is -0.0517. The second-order valence-corrected chi connectivity index (χ2v) is 5.61. The molecule has 7 heteroatoms. The fraction of sp³-hybridized carbons (Fsp3) is 0.400. The molecule has 0 saturated carbocycles. The van der Waals surface area contributed by atoms with Crippen LogP contribution in [-0.4, -0.2) is 33.7 Å². The number of fused-ring (bicyclic) bond motifs is 1. The van der Waals surface area contributed by atoms with Crippen LogP contribution in [0.3, 0.4) is 0 Å². The number of amides is 1. The lowest BCUT2D eigenvalue weighted by Gasteiger charge is -2.19. The molecule has 0 aliphatic carbocycles. The van der Waals surface area contributed by atoms with Crippen molar-refractivity contribution < 1.29 is 19.1 Å². The Hall–Kier alpha value is -2.57. The lowest BCUT2D eigenvalue weighted by atomic mass is 10.2. The maximum absolute atomic E-state index is 11.9. The highest BCUT2D eigenvalue weighted by Crippen LogP contribution is 2.16. The van der Waals surface area contributed by atoms with Crippen molar-refractivity contribution in [2.45, 2.75) is 33.3 Å². The number of aromatic nitrogens is 2. The average molecular weight is 305 g/mol. The van der Waals surface area contributed by atoms with Crippen LogP contribution in [0.2, 0.25) is 0 Å². The lowest BCUT2D eigenvalue weighted by Crippen LogP contribution is -2.27. The number of carbonyl (C=O) groups is 2. The molecule has 2 rings (SSSR count). The molecule has 22 heavy (non-hydrogen) atoms. The van der Waals surface area contributed by atoms with E-state index in [9.17, 15) is 9.59 Å². The number of carbonyl (C=O) groups excluding carboxylic acids is 2. The fourth-order valence-corrected chi connectivity index (χ4v) is 1.82. The zero-order valence-electron chi connectivity index (χ0n) is 13.0. The molecule has 0 aromatic carbocycles. The minimum Gasteiger partial charge on any atom is -0.461 e. The van der Waals surface area contributed by atoms with E-state index in [1.165, 1.54) is 6.20 Å². The number of hydrogen-bond acceptors (Lipinski definition) is 5. The molecule has 2 aromatic rings. The molecule has 1 N–H and O–H groups in total. The molecule has 0 radical (unpaired) electrons. The van der Waals surface area contributed by atoms with Crippen LogP contribution in [0.25, 0.3) is 5.65 Å². The molecule has 0 aliphatic heterocycles. The van der Waals surface area contributed by atoms with Gasteiger partial charge in [0.25, 0.3) is 0 Å². The molecule has 0 saturated heterocycles. The highest BCUT2D eigenvalue weighted by atomic mass is 16.6. The number of pyridine rings is 1. The molecule has 7 nitrogen and oxygen atoms in total. The number of nitrogens with one attached hydrogen (secondary N) is 1. The van der Waals surface area contributed by atoms with Crippen LogP contribution in [0.5, 0.6) is 0 Å². The van der Waals surface area contributed by atoms with Gasteiger partial charge in [0, 0.05) is 6.20 Å². The van der Waals surface area contributed by atoms with Crippen molar-refractivity contribution in [3.05, 3.63) is 30.1 Å². The Kier molecular flexibility index (Phi) is 4.35. The Bertz CT molecular complexity index is 700. The van der Waals surface area contributed by atoms with Gasteiger partial charge in [0.1, 0.15) is 17.1 Å². The molecule has 0 spiro atoms. The van der Waals surface area contributed by atoms with Crippen molar-refractivity contribution in [2.24, 2.45) is 0 Å². The Morgan fingerprint density at radius 1 is 1.32 bits per heavy atom. The molecule has 0 aliphatic rings. The second kappa shape index (κ2) is 6.05. The van der Waals surface area contributed by atoms with Crippen molar-refractivity contribution in [1.82, 2.24) is 9.38 Å². The standard InChI is InChI=1S/C15H19N3O4/c1-5-21-13(19)10-9-18-11(16-10)7-6-8-12(18)17-14(20)22-15(2,3)4/h6-9H,5H2,1-4H3,(H,17,20). The normalized spacial score (nSPS) is 11.3. The summed E-state index contributed by atoms with van der Waals surface area (Å²) in [4.78, 5) is 27.8. The van der Waals surface area contributed by atoms with Gasteiger partial charge < -0.3 is 9.47 Å². The van der Waals surface area contributed by atoms with Crippen molar-refractivity contribution in [3.8, 4) is 0 Å². The SMILES string of the molecule is CCOC(=O)c1cn2c(NC(=O)OC(C)(C)C)cccc2n1. The first-order valence-electron chi connectivity index (χ1n) is 6.95. The van der Waals surface area contributed by atoms with Gasteiger partial charge in [0.2, 0.25) is 0 Å². The van der Waals surface area contributed by atoms with Gasteiger partial charge in [-0.15, -0.1) is 0 Å². The molecule has 1 amide bonds. The molecule has 0 bridgehead atoms. The van der Waals surface area contributed by atoms with Crippen molar-refractivity contribution in [3.63, 3.8) is 0 Å². The zero-order valence-corrected chi connectivity index (χ0v) is 13.0. The summed E-state index contributed by atoms with van der Waals surface area (Å²) in [6.07, 6.45) is 0.936. The van der Waals surface area contributed by atoms with Crippen molar-refractivity contribution in [2.75, 3.05) is 11.9 Å². The van der Waals surface area contributed by atoms with Gasteiger partial charge >= 0.3 is 12.1 Å². The van der Waals surface area contributed by atoms with Crippen LogP contribution in [0, 0.1) is 0 Å². The summed E-state index contributed by atoms with van der Waals surface area (Å²) in [5.41, 5.74) is 0.111. The number of hydrogen-bond donors (Lipinski definition) is 1. The van der Waals surface area contributed by atoms with Gasteiger partial charge in [-0.25, -0.2) is 14.6 Å². The fourth-order valence-electron chi connectivity index (χ4n) is 1.82. The minimum absolute atomic E-state index is 0.181. The summed E-state index contributed by atoms with van der Waals surface area (Å²) in [7, 11) is 0. The Morgan fingerprint density at radius 3 is 2.68 bits per heavy atom. The summed E-state index contributed by atoms with van der Waals surface area (Å²) in [6, 6.07) is 5.14. The van der Waals surface area contributed by atoms with Crippen LogP contribution >= 0.6 is 0 Å². The molecule has 0 atom stereocenters. The van der Waals surface area contributed by atoms with E-state index in [1.54, 1.807) is 50.3 Å². The highest BCUT2D eigenvalue weighted by molar-refractivity contribution is 5.89. The second-order valence-electron chi connectivity index (χ2n) is 5.61. The van der Waals surface area contributed by atoms with E-state index < -0.39 is 17.7 Å². The van der Waals surface area contributed by atoms with E-state index in [-0.39, 0.29) is 12.3 Å². The van der Waals surface area contributed by atoms with Gasteiger partial charge in [-0.1, -0.05) is 6.07 Å². The molecule has 0 unspecified atom stereocenters. The van der Waals surface area contributed by atoms with Crippen LogP contribution in [-0.2, 0) is 9.47 Å². The summed E-state index contributed by atoms with van der Waals surface area (Å²) >= 11 is 0. The maximum Gasteiger partial charge on any atom is 0.413 e. The number of rotatable bonds is 3. The molecular formula is C15H19N3O4. The number of esters is 1. The largest absolute Gasteiger partial charge is 0.461 e. The number of nitrogens with zero attached hydrogens (tertiary/aromatic N) is 2. The summed E-state index contributed by atoms with van der Waals surface area (Å²) in [5, 5.41) is 2.64. The zero-order chi connectivity index (χ0) is 16.3. The first-order chi connectivity index (χ1) is 10.3. The average Bonchev–Trinajstić information content (AvgIpc) is 2.82. The smallest absolute Gasteiger partial charge is 0.413 e. The molecule has 118 valence electrons.